The summed E-state index contributed by atoms with van der Waals surface area (Å²) in [6.45, 7) is 3.57. The fraction of sp³-hybridized carbons (Fsp3) is 0.571. The van der Waals surface area contributed by atoms with Crippen molar-refractivity contribution in [3.05, 3.63) is 12.3 Å². The van der Waals surface area contributed by atoms with E-state index in [0.29, 0.717) is 0 Å². The van der Waals surface area contributed by atoms with Gasteiger partial charge in [-0.05, 0) is 6.42 Å². The van der Waals surface area contributed by atoms with E-state index in [1.54, 1.807) is 25.1 Å². The number of rotatable bonds is 2. The van der Waals surface area contributed by atoms with Crippen molar-refractivity contribution in [3.8, 4) is 0 Å². The first-order valence-electron chi connectivity index (χ1n) is 3.08. The van der Waals surface area contributed by atoms with Crippen LogP contribution < -0.4 is 0 Å². The molecule has 0 saturated carbocycles. The molecule has 0 radical (unpaired) electrons. The molecule has 9 heavy (non-hydrogen) atoms. The Kier molecular flexibility index (Phi) is 3.76. The van der Waals surface area contributed by atoms with Gasteiger partial charge in [-0.2, -0.15) is 0 Å². The van der Waals surface area contributed by atoms with Crippen molar-refractivity contribution in [1.82, 2.24) is 4.90 Å². The van der Waals surface area contributed by atoms with Gasteiger partial charge >= 0.3 is 0 Å². The second-order valence-electron chi connectivity index (χ2n) is 1.92. The monoisotopic (exact) mass is 127 g/mol. The Labute approximate surface area is 56.2 Å². The van der Waals surface area contributed by atoms with Gasteiger partial charge in [0.25, 0.3) is 0 Å². The highest BCUT2D eigenvalue weighted by molar-refractivity contribution is 5.73. The van der Waals surface area contributed by atoms with Crippen LogP contribution in [0.3, 0.4) is 0 Å². The minimum absolute atomic E-state index is 0.0692. The zero-order valence-corrected chi connectivity index (χ0v) is 6.22. The van der Waals surface area contributed by atoms with Gasteiger partial charge < -0.3 is 4.90 Å². The molecule has 0 saturated heterocycles. The highest BCUT2D eigenvalue weighted by atomic mass is 16.2. The van der Waals surface area contributed by atoms with Crippen molar-refractivity contribution >= 4 is 5.91 Å². The van der Waals surface area contributed by atoms with E-state index in [1.807, 2.05) is 13.0 Å². The van der Waals surface area contributed by atoms with Crippen molar-refractivity contribution < 1.29 is 4.79 Å². The fourth-order valence-electron chi connectivity index (χ4n) is 0.368. The van der Waals surface area contributed by atoms with Gasteiger partial charge in [0, 0.05) is 20.2 Å². The van der Waals surface area contributed by atoms with Crippen LogP contribution >= 0.6 is 0 Å². The Hall–Kier alpha value is -0.790. The molecular weight excluding hydrogens is 114 g/mol. The number of amides is 1. The topological polar surface area (TPSA) is 20.3 Å². The summed E-state index contributed by atoms with van der Waals surface area (Å²) in [7, 11) is 1.74. The zero-order chi connectivity index (χ0) is 7.28. The molecule has 0 unspecified atom stereocenters. The van der Waals surface area contributed by atoms with Crippen molar-refractivity contribution in [2.45, 2.75) is 20.3 Å². The standard InChI is InChI=1S/C7H13NO/c1-4-5-6-8(3)7(2)9/h5-6H,4H2,1-3H3/b6-5-. The van der Waals surface area contributed by atoms with Gasteiger partial charge in [0.15, 0.2) is 0 Å². The quantitative estimate of drug-likeness (QED) is 0.549. The molecule has 0 spiro atoms. The van der Waals surface area contributed by atoms with Crippen molar-refractivity contribution in [3.63, 3.8) is 0 Å². The zero-order valence-electron chi connectivity index (χ0n) is 6.22. The maximum absolute atomic E-state index is 10.5. The highest BCUT2D eigenvalue weighted by Crippen LogP contribution is 1.86. The van der Waals surface area contributed by atoms with Crippen molar-refractivity contribution in [2.24, 2.45) is 0 Å². The lowest BCUT2D eigenvalue weighted by atomic mass is 10.4. The molecule has 1 amide bonds. The van der Waals surface area contributed by atoms with Gasteiger partial charge in [0.1, 0.15) is 0 Å². The van der Waals surface area contributed by atoms with Crippen LogP contribution in [0.1, 0.15) is 20.3 Å². The van der Waals surface area contributed by atoms with Gasteiger partial charge in [-0.3, -0.25) is 4.79 Å². The predicted molar refractivity (Wildman–Crippen MR) is 37.9 cm³/mol. The molecule has 52 valence electrons. The Morgan fingerprint density at radius 3 is 2.56 bits per heavy atom. The van der Waals surface area contributed by atoms with E-state index in [0.717, 1.165) is 6.42 Å². The van der Waals surface area contributed by atoms with E-state index >= 15 is 0 Å². The summed E-state index contributed by atoms with van der Waals surface area (Å²) in [6, 6.07) is 0. The number of allylic oxidation sites excluding steroid dienone is 1. The second kappa shape index (κ2) is 4.13. The maximum atomic E-state index is 10.5. The summed E-state index contributed by atoms with van der Waals surface area (Å²) in [5, 5.41) is 0. The van der Waals surface area contributed by atoms with Crippen LogP contribution in [-0.2, 0) is 4.79 Å². The molecule has 0 atom stereocenters. The SMILES string of the molecule is CC/C=C\N(C)C(C)=O. The lowest BCUT2D eigenvalue weighted by Crippen LogP contribution is -2.16. The molecule has 0 aromatic rings. The number of hydrogen-bond acceptors (Lipinski definition) is 1. The van der Waals surface area contributed by atoms with E-state index in [4.69, 9.17) is 0 Å². The van der Waals surface area contributed by atoms with Crippen LogP contribution in [0.4, 0.5) is 0 Å². The van der Waals surface area contributed by atoms with Crippen LogP contribution in [0.25, 0.3) is 0 Å². The number of hydrogen-bond donors (Lipinski definition) is 0. The summed E-state index contributed by atoms with van der Waals surface area (Å²) >= 11 is 0. The maximum Gasteiger partial charge on any atom is 0.223 e. The second-order valence-corrected chi connectivity index (χ2v) is 1.92. The van der Waals surface area contributed by atoms with Gasteiger partial charge in [-0.1, -0.05) is 13.0 Å². The van der Waals surface area contributed by atoms with Gasteiger partial charge in [0.05, 0.1) is 0 Å². The molecule has 0 N–H and O–H groups in total. The van der Waals surface area contributed by atoms with Crippen LogP contribution in [-0.4, -0.2) is 17.9 Å². The van der Waals surface area contributed by atoms with Gasteiger partial charge in [0.2, 0.25) is 5.91 Å². The summed E-state index contributed by atoms with van der Waals surface area (Å²) in [6.07, 6.45) is 4.70. The minimum Gasteiger partial charge on any atom is -0.323 e. The third kappa shape index (κ3) is 3.76. The Morgan fingerprint density at radius 1 is 1.67 bits per heavy atom. The van der Waals surface area contributed by atoms with E-state index < -0.39 is 0 Å². The van der Waals surface area contributed by atoms with E-state index in [2.05, 4.69) is 0 Å². The van der Waals surface area contributed by atoms with Gasteiger partial charge in [-0.25, -0.2) is 0 Å². The van der Waals surface area contributed by atoms with Crippen LogP contribution in [0.15, 0.2) is 12.3 Å². The molecule has 0 fully saturated rings. The Balaban J connectivity index is 3.62. The first-order chi connectivity index (χ1) is 4.18. The highest BCUT2D eigenvalue weighted by Gasteiger charge is 1.92. The third-order valence-electron chi connectivity index (χ3n) is 1.06. The summed E-state index contributed by atoms with van der Waals surface area (Å²) in [4.78, 5) is 12.1. The number of nitrogens with zero attached hydrogens (tertiary/aromatic N) is 1. The normalized spacial score (nSPS) is 10.1. The molecular formula is C7H13NO. The molecule has 0 aliphatic carbocycles. The molecule has 0 rings (SSSR count). The summed E-state index contributed by atoms with van der Waals surface area (Å²) in [5.41, 5.74) is 0. The summed E-state index contributed by atoms with van der Waals surface area (Å²) < 4.78 is 0. The largest absolute Gasteiger partial charge is 0.323 e. The third-order valence-corrected chi connectivity index (χ3v) is 1.06. The average Bonchev–Trinajstić information content (AvgIpc) is 1.82. The summed E-state index contributed by atoms with van der Waals surface area (Å²) in [5.74, 6) is 0.0692. The molecule has 2 nitrogen and oxygen atoms in total. The average molecular weight is 127 g/mol. The molecule has 0 aliphatic heterocycles. The molecule has 0 heterocycles. The fourth-order valence-corrected chi connectivity index (χ4v) is 0.368. The number of carbonyl (C=O) groups is 1. The molecule has 2 heteroatoms. The Morgan fingerprint density at radius 2 is 2.22 bits per heavy atom. The van der Waals surface area contributed by atoms with Gasteiger partial charge in [-0.15, -0.1) is 0 Å². The van der Waals surface area contributed by atoms with Crippen LogP contribution in [0.2, 0.25) is 0 Å². The van der Waals surface area contributed by atoms with Crippen molar-refractivity contribution in [2.75, 3.05) is 7.05 Å². The predicted octanol–water partition coefficient (Wildman–Crippen LogP) is 1.39. The van der Waals surface area contributed by atoms with Crippen molar-refractivity contribution in [1.29, 1.82) is 0 Å². The lowest BCUT2D eigenvalue weighted by molar-refractivity contribution is -0.125. The number of carbonyl (C=O) groups excluding carboxylic acids is 1. The molecule has 0 bridgehead atoms. The van der Waals surface area contributed by atoms with E-state index in [-0.39, 0.29) is 5.91 Å². The van der Waals surface area contributed by atoms with E-state index in [9.17, 15) is 4.79 Å². The molecule has 0 aromatic carbocycles. The first kappa shape index (κ1) is 8.21. The lowest BCUT2D eigenvalue weighted by Gasteiger charge is -2.06. The van der Waals surface area contributed by atoms with Crippen LogP contribution in [0, 0.1) is 0 Å². The Bertz CT molecular complexity index is 118. The molecule has 0 aliphatic rings. The smallest absolute Gasteiger partial charge is 0.223 e. The first-order valence-corrected chi connectivity index (χ1v) is 3.08. The van der Waals surface area contributed by atoms with Crippen LogP contribution in [0.5, 0.6) is 0 Å². The minimum atomic E-state index is 0.0692. The molecule has 0 aromatic heterocycles. The van der Waals surface area contributed by atoms with E-state index in [1.165, 1.54) is 0 Å².